The molecule has 0 aliphatic carbocycles. The van der Waals surface area contributed by atoms with Gasteiger partial charge >= 0.3 is 12.0 Å². The van der Waals surface area contributed by atoms with Crippen molar-refractivity contribution in [2.24, 2.45) is 0 Å². The van der Waals surface area contributed by atoms with Gasteiger partial charge in [0.15, 0.2) is 0 Å². The number of urea groups is 1. The molecule has 1 unspecified atom stereocenters. The SMILES string of the molecule is COc1ccccc1NC(=O)NC(C)CC(=O)O. The van der Waals surface area contributed by atoms with Crippen LogP contribution in [-0.4, -0.2) is 30.3 Å². The monoisotopic (exact) mass is 252 g/mol. The molecule has 0 aliphatic heterocycles. The van der Waals surface area contributed by atoms with Crippen LogP contribution in [0.5, 0.6) is 5.75 Å². The van der Waals surface area contributed by atoms with E-state index in [0.29, 0.717) is 11.4 Å². The third-order valence-electron chi connectivity index (χ3n) is 2.21. The fourth-order valence-corrected chi connectivity index (χ4v) is 1.44. The number of carbonyl (C=O) groups is 2. The minimum Gasteiger partial charge on any atom is -0.495 e. The molecule has 0 heterocycles. The van der Waals surface area contributed by atoms with Crippen molar-refractivity contribution in [2.45, 2.75) is 19.4 Å². The van der Waals surface area contributed by atoms with Crippen LogP contribution in [0.3, 0.4) is 0 Å². The molecule has 18 heavy (non-hydrogen) atoms. The summed E-state index contributed by atoms with van der Waals surface area (Å²) in [5.74, 6) is -0.418. The number of carboxylic acid groups (broad SMARTS) is 1. The number of anilines is 1. The van der Waals surface area contributed by atoms with Gasteiger partial charge in [-0.1, -0.05) is 12.1 Å². The molecule has 0 bridgehead atoms. The van der Waals surface area contributed by atoms with Gasteiger partial charge in [-0.3, -0.25) is 4.79 Å². The number of nitrogens with one attached hydrogen (secondary N) is 2. The van der Waals surface area contributed by atoms with Gasteiger partial charge in [0, 0.05) is 6.04 Å². The van der Waals surface area contributed by atoms with Crippen LogP contribution in [0.1, 0.15) is 13.3 Å². The number of aliphatic carboxylic acids is 1. The summed E-state index contributed by atoms with van der Waals surface area (Å²) >= 11 is 0. The Hall–Kier alpha value is -2.24. The lowest BCUT2D eigenvalue weighted by molar-refractivity contribution is -0.137. The van der Waals surface area contributed by atoms with Crippen LogP contribution in [0.15, 0.2) is 24.3 Å². The highest BCUT2D eigenvalue weighted by molar-refractivity contribution is 5.91. The van der Waals surface area contributed by atoms with Crippen molar-refractivity contribution in [3.8, 4) is 5.75 Å². The third-order valence-corrected chi connectivity index (χ3v) is 2.21. The van der Waals surface area contributed by atoms with Crippen LogP contribution in [0.25, 0.3) is 0 Å². The maximum absolute atomic E-state index is 11.6. The predicted octanol–water partition coefficient (Wildman–Crippen LogP) is 1.68. The molecular formula is C12H16N2O4. The summed E-state index contributed by atoms with van der Waals surface area (Å²) in [4.78, 5) is 22.1. The second kappa shape index (κ2) is 6.48. The molecule has 0 saturated carbocycles. The van der Waals surface area contributed by atoms with Gasteiger partial charge in [-0.2, -0.15) is 0 Å². The Bertz CT molecular complexity index is 434. The maximum atomic E-state index is 11.6. The van der Waals surface area contributed by atoms with Crippen LogP contribution in [-0.2, 0) is 4.79 Å². The van der Waals surface area contributed by atoms with Crippen molar-refractivity contribution in [3.63, 3.8) is 0 Å². The summed E-state index contributed by atoms with van der Waals surface area (Å²) in [7, 11) is 1.51. The van der Waals surface area contributed by atoms with E-state index in [4.69, 9.17) is 9.84 Å². The number of carboxylic acids is 1. The lowest BCUT2D eigenvalue weighted by atomic mass is 10.2. The predicted molar refractivity (Wildman–Crippen MR) is 66.9 cm³/mol. The first kappa shape index (κ1) is 13.8. The maximum Gasteiger partial charge on any atom is 0.319 e. The summed E-state index contributed by atoms with van der Waals surface area (Å²) in [6.45, 7) is 1.62. The van der Waals surface area contributed by atoms with Crippen LogP contribution in [0.4, 0.5) is 10.5 Å². The number of rotatable bonds is 5. The Morgan fingerprint density at radius 1 is 1.39 bits per heavy atom. The highest BCUT2D eigenvalue weighted by Crippen LogP contribution is 2.22. The second-order valence-corrected chi connectivity index (χ2v) is 3.80. The molecule has 6 nitrogen and oxygen atoms in total. The second-order valence-electron chi connectivity index (χ2n) is 3.80. The topological polar surface area (TPSA) is 87.7 Å². The zero-order chi connectivity index (χ0) is 13.5. The zero-order valence-corrected chi connectivity index (χ0v) is 10.3. The van der Waals surface area contributed by atoms with Crippen LogP contribution in [0, 0.1) is 0 Å². The molecule has 2 amide bonds. The zero-order valence-electron chi connectivity index (χ0n) is 10.3. The highest BCUT2D eigenvalue weighted by atomic mass is 16.5. The quantitative estimate of drug-likeness (QED) is 0.744. The van der Waals surface area contributed by atoms with Gasteiger partial charge < -0.3 is 20.5 Å². The molecule has 0 spiro atoms. The highest BCUT2D eigenvalue weighted by Gasteiger charge is 2.12. The van der Waals surface area contributed by atoms with Gasteiger partial charge in [0.05, 0.1) is 19.2 Å². The smallest absolute Gasteiger partial charge is 0.319 e. The Balaban J connectivity index is 2.56. The molecule has 0 aromatic heterocycles. The van der Waals surface area contributed by atoms with Gasteiger partial charge in [0.1, 0.15) is 5.75 Å². The van der Waals surface area contributed by atoms with Crippen LogP contribution < -0.4 is 15.4 Å². The Kier molecular flexibility index (Phi) is 4.98. The molecule has 1 rings (SSSR count). The van der Waals surface area contributed by atoms with Gasteiger partial charge in [-0.15, -0.1) is 0 Å². The number of carbonyl (C=O) groups excluding carboxylic acids is 1. The third kappa shape index (κ3) is 4.32. The lowest BCUT2D eigenvalue weighted by Gasteiger charge is -2.14. The molecule has 1 aromatic rings. The summed E-state index contributed by atoms with van der Waals surface area (Å²) in [5.41, 5.74) is 0.528. The number of amides is 2. The van der Waals surface area contributed by atoms with Gasteiger partial charge in [-0.05, 0) is 19.1 Å². The number of benzene rings is 1. The van der Waals surface area contributed by atoms with Crippen molar-refractivity contribution >= 4 is 17.7 Å². The molecule has 6 heteroatoms. The summed E-state index contributed by atoms with van der Waals surface area (Å²) in [6, 6.07) is 6.05. The van der Waals surface area contributed by atoms with E-state index in [9.17, 15) is 9.59 Å². The van der Waals surface area contributed by atoms with E-state index in [1.807, 2.05) is 0 Å². The summed E-state index contributed by atoms with van der Waals surface area (Å²) < 4.78 is 5.08. The first-order valence-corrected chi connectivity index (χ1v) is 5.45. The fourth-order valence-electron chi connectivity index (χ4n) is 1.44. The minimum atomic E-state index is -0.958. The molecule has 0 radical (unpaired) electrons. The van der Waals surface area contributed by atoms with Gasteiger partial charge in [-0.25, -0.2) is 4.79 Å². The van der Waals surface area contributed by atoms with Crippen molar-refractivity contribution in [1.29, 1.82) is 0 Å². The van der Waals surface area contributed by atoms with Gasteiger partial charge in [0.2, 0.25) is 0 Å². The summed E-state index contributed by atoms with van der Waals surface area (Å²) in [5, 5.41) is 13.7. The first-order valence-electron chi connectivity index (χ1n) is 5.45. The Morgan fingerprint density at radius 2 is 2.06 bits per heavy atom. The molecule has 98 valence electrons. The molecular weight excluding hydrogens is 236 g/mol. The number of para-hydroxylation sites is 2. The fraction of sp³-hybridized carbons (Fsp3) is 0.333. The molecule has 1 aromatic carbocycles. The number of hydrogen-bond acceptors (Lipinski definition) is 3. The van der Waals surface area contributed by atoms with E-state index < -0.39 is 18.0 Å². The molecule has 0 aliphatic rings. The van der Waals surface area contributed by atoms with E-state index in [0.717, 1.165) is 0 Å². The standard InChI is InChI=1S/C12H16N2O4/c1-8(7-11(15)16)13-12(17)14-9-5-3-4-6-10(9)18-2/h3-6,8H,7H2,1-2H3,(H,15,16)(H2,13,14,17). The van der Waals surface area contributed by atoms with Crippen LogP contribution in [0.2, 0.25) is 0 Å². The largest absolute Gasteiger partial charge is 0.495 e. The van der Waals surface area contributed by atoms with E-state index in [1.165, 1.54) is 7.11 Å². The van der Waals surface area contributed by atoms with E-state index >= 15 is 0 Å². The van der Waals surface area contributed by atoms with E-state index in [1.54, 1.807) is 31.2 Å². The van der Waals surface area contributed by atoms with Crippen molar-refractivity contribution in [3.05, 3.63) is 24.3 Å². The number of methoxy groups -OCH3 is 1. The molecule has 3 N–H and O–H groups in total. The number of ether oxygens (including phenoxy) is 1. The van der Waals surface area contributed by atoms with E-state index in [-0.39, 0.29) is 6.42 Å². The van der Waals surface area contributed by atoms with Crippen molar-refractivity contribution in [2.75, 3.05) is 12.4 Å². The van der Waals surface area contributed by atoms with Crippen LogP contribution >= 0.6 is 0 Å². The molecule has 1 atom stereocenters. The van der Waals surface area contributed by atoms with Gasteiger partial charge in [0.25, 0.3) is 0 Å². The average molecular weight is 252 g/mol. The Morgan fingerprint density at radius 3 is 2.67 bits per heavy atom. The number of hydrogen-bond donors (Lipinski definition) is 3. The average Bonchev–Trinajstić information content (AvgIpc) is 2.28. The normalized spacial score (nSPS) is 11.4. The minimum absolute atomic E-state index is 0.126. The molecule has 0 saturated heterocycles. The summed E-state index contributed by atoms with van der Waals surface area (Å²) in [6.07, 6.45) is -0.126. The lowest BCUT2D eigenvalue weighted by Crippen LogP contribution is -2.37. The van der Waals surface area contributed by atoms with Crippen molar-refractivity contribution in [1.82, 2.24) is 5.32 Å². The first-order chi connectivity index (χ1) is 8.52. The van der Waals surface area contributed by atoms with E-state index in [2.05, 4.69) is 10.6 Å². The molecule has 0 fully saturated rings. The van der Waals surface area contributed by atoms with Crippen molar-refractivity contribution < 1.29 is 19.4 Å². The Labute approximate surface area is 105 Å².